The summed E-state index contributed by atoms with van der Waals surface area (Å²) in [4.78, 5) is 25.9. The van der Waals surface area contributed by atoms with Crippen molar-refractivity contribution < 1.29 is 19.1 Å². The van der Waals surface area contributed by atoms with Crippen molar-refractivity contribution in [2.75, 3.05) is 13.7 Å². The van der Waals surface area contributed by atoms with Crippen molar-refractivity contribution >= 4 is 23.6 Å². The van der Waals surface area contributed by atoms with E-state index >= 15 is 0 Å². The molecule has 1 saturated heterocycles. The second-order valence-electron chi connectivity index (χ2n) is 5.53. The number of hydrogen-bond acceptors (Lipinski definition) is 7. The molecule has 0 bridgehead atoms. The second kappa shape index (κ2) is 7.39. The van der Waals surface area contributed by atoms with E-state index in [2.05, 4.69) is 8.75 Å². The minimum Gasteiger partial charge on any atom is -0.497 e. The van der Waals surface area contributed by atoms with E-state index in [1.807, 2.05) is 24.3 Å². The number of nitrogens with zero attached hydrogens (tertiary/aromatic N) is 3. The average molecular weight is 347 g/mol. The van der Waals surface area contributed by atoms with E-state index in [9.17, 15) is 9.59 Å². The lowest BCUT2D eigenvalue weighted by atomic mass is 10.1. The molecule has 1 aliphatic rings. The summed E-state index contributed by atoms with van der Waals surface area (Å²) in [6.45, 7) is 0.945. The summed E-state index contributed by atoms with van der Waals surface area (Å²) < 4.78 is 18.2. The Morgan fingerprint density at radius 2 is 2.17 bits per heavy atom. The zero-order valence-electron chi connectivity index (χ0n) is 13.2. The number of methoxy groups -OCH3 is 1. The van der Waals surface area contributed by atoms with Crippen LogP contribution < -0.4 is 4.74 Å². The maximum absolute atomic E-state index is 12.1. The first-order valence-electron chi connectivity index (χ1n) is 7.49. The van der Waals surface area contributed by atoms with Crippen LogP contribution in [-0.2, 0) is 27.5 Å². The smallest absolute Gasteiger partial charge is 0.311 e. The van der Waals surface area contributed by atoms with Crippen molar-refractivity contribution in [2.45, 2.75) is 19.6 Å². The topological polar surface area (TPSA) is 81.6 Å². The molecule has 1 unspecified atom stereocenters. The Labute approximate surface area is 143 Å². The number of likely N-dealkylation sites (tertiary alicyclic amines) is 1. The number of benzene rings is 1. The monoisotopic (exact) mass is 347 g/mol. The third-order valence-corrected chi connectivity index (χ3v) is 4.37. The number of ether oxygens (including phenoxy) is 2. The number of amides is 1. The van der Waals surface area contributed by atoms with E-state index in [1.54, 1.807) is 18.2 Å². The summed E-state index contributed by atoms with van der Waals surface area (Å²) in [6.07, 6.45) is 1.75. The molecule has 1 aromatic carbocycles. The zero-order valence-corrected chi connectivity index (χ0v) is 14.0. The van der Waals surface area contributed by atoms with Crippen molar-refractivity contribution in [1.29, 1.82) is 0 Å². The van der Waals surface area contributed by atoms with Crippen LogP contribution in [0.25, 0.3) is 0 Å². The lowest BCUT2D eigenvalue weighted by Gasteiger charge is -2.16. The van der Waals surface area contributed by atoms with Crippen molar-refractivity contribution in [3.8, 4) is 5.75 Å². The average Bonchev–Trinajstić information content (AvgIpc) is 3.24. The normalized spacial score (nSPS) is 17.1. The van der Waals surface area contributed by atoms with Crippen LogP contribution in [0.15, 0.2) is 30.5 Å². The first-order valence-corrected chi connectivity index (χ1v) is 8.22. The fraction of sp³-hybridized carbons (Fsp3) is 0.375. The molecule has 7 nitrogen and oxygen atoms in total. The van der Waals surface area contributed by atoms with Gasteiger partial charge in [0.15, 0.2) is 0 Å². The highest BCUT2D eigenvalue weighted by atomic mass is 32.1. The highest BCUT2D eigenvalue weighted by Gasteiger charge is 2.35. The molecule has 2 heterocycles. The maximum Gasteiger partial charge on any atom is 0.311 e. The van der Waals surface area contributed by atoms with Crippen LogP contribution >= 0.6 is 11.7 Å². The van der Waals surface area contributed by atoms with E-state index in [-0.39, 0.29) is 24.9 Å². The van der Waals surface area contributed by atoms with E-state index < -0.39 is 5.92 Å². The van der Waals surface area contributed by atoms with Crippen molar-refractivity contribution in [3.63, 3.8) is 0 Å². The fourth-order valence-electron chi connectivity index (χ4n) is 2.54. The number of hydrogen-bond donors (Lipinski definition) is 0. The lowest BCUT2D eigenvalue weighted by Crippen LogP contribution is -2.26. The number of carbonyl (C=O) groups is 2. The van der Waals surface area contributed by atoms with Crippen LogP contribution in [0, 0.1) is 5.92 Å². The fourth-order valence-corrected chi connectivity index (χ4v) is 2.97. The molecule has 1 amide bonds. The molecule has 24 heavy (non-hydrogen) atoms. The van der Waals surface area contributed by atoms with Crippen LogP contribution in [0.5, 0.6) is 5.75 Å². The highest BCUT2D eigenvalue weighted by molar-refractivity contribution is 6.99. The van der Waals surface area contributed by atoms with Gasteiger partial charge in [-0.05, 0) is 17.7 Å². The molecule has 1 atom stereocenters. The number of carbonyl (C=O) groups excluding carboxylic acids is 2. The van der Waals surface area contributed by atoms with Crippen LogP contribution in [-0.4, -0.2) is 39.2 Å². The van der Waals surface area contributed by atoms with Gasteiger partial charge in [-0.2, -0.15) is 8.75 Å². The highest BCUT2D eigenvalue weighted by Crippen LogP contribution is 2.22. The lowest BCUT2D eigenvalue weighted by molar-refractivity contribution is -0.149. The van der Waals surface area contributed by atoms with Gasteiger partial charge in [-0.15, -0.1) is 0 Å². The van der Waals surface area contributed by atoms with Crippen LogP contribution in [0.4, 0.5) is 0 Å². The molecule has 1 aromatic heterocycles. The van der Waals surface area contributed by atoms with Gasteiger partial charge in [0.25, 0.3) is 0 Å². The van der Waals surface area contributed by atoms with Crippen LogP contribution in [0.1, 0.15) is 17.7 Å². The Bertz CT molecular complexity index is 703. The molecule has 0 aliphatic carbocycles. The molecule has 1 aliphatic heterocycles. The second-order valence-corrected chi connectivity index (χ2v) is 6.09. The molecule has 0 N–H and O–H groups in total. The molecule has 1 fully saturated rings. The Morgan fingerprint density at radius 3 is 2.83 bits per heavy atom. The number of aromatic nitrogens is 2. The van der Waals surface area contributed by atoms with E-state index in [4.69, 9.17) is 9.47 Å². The van der Waals surface area contributed by atoms with Crippen LogP contribution in [0.3, 0.4) is 0 Å². The quantitative estimate of drug-likeness (QED) is 0.739. The van der Waals surface area contributed by atoms with Gasteiger partial charge < -0.3 is 14.4 Å². The minimum absolute atomic E-state index is 0.0388. The van der Waals surface area contributed by atoms with Crippen molar-refractivity contribution in [3.05, 3.63) is 41.7 Å². The molecule has 2 aromatic rings. The van der Waals surface area contributed by atoms with E-state index in [0.29, 0.717) is 18.8 Å². The maximum atomic E-state index is 12.1. The van der Waals surface area contributed by atoms with Gasteiger partial charge in [0, 0.05) is 19.5 Å². The van der Waals surface area contributed by atoms with E-state index in [1.165, 1.54) is 0 Å². The Morgan fingerprint density at radius 1 is 1.38 bits per heavy atom. The zero-order chi connectivity index (χ0) is 16.9. The number of rotatable bonds is 6. The molecule has 0 radical (unpaired) electrons. The summed E-state index contributed by atoms with van der Waals surface area (Å²) in [6, 6.07) is 7.52. The summed E-state index contributed by atoms with van der Waals surface area (Å²) in [5.41, 5.74) is 1.61. The van der Waals surface area contributed by atoms with Gasteiger partial charge in [0.1, 0.15) is 18.1 Å². The predicted octanol–water partition coefficient (Wildman–Crippen LogP) is 1.64. The molecule has 126 valence electrons. The first-order chi connectivity index (χ1) is 11.7. The predicted molar refractivity (Wildman–Crippen MR) is 86.2 cm³/mol. The molecule has 3 rings (SSSR count). The summed E-state index contributed by atoms with van der Waals surface area (Å²) in [5.74, 6) is -0.0662. The Kier molecular flexibility index (Phi) is 5.05. The largest absolute Gasteiger partial charge is 0.497 e. The van der Waals surface area contributed by atoms with Gasteiger partial charge in [-0.1, -0.05) is 12.1 Å². The molecule has 0 saturated carbocycles. The summed E-state index contributed by atoms with van der Waals surface area (Å²) in [5, 5.41) is 0. The minimum atomic E-state index is -0.428. The first kappa shape index (κ1) is 16.4. The third kappa shape index (κ3) is 3.88. The third-order valence-electron chi connectivity index (χ3n) is 3.85. The number of esters is 1. The van der Waals surface area contributed by atoms with Gasteiger partial charge in [-0.3, -0.25) is 9.59 Å². The molecular weight excluding hydrogens is 330 g/mol. The van der Waals surface area contributed by atoms with Gasteiger partial charge >= 0.3 is 5.97 Å². The molecule has 8 heteroatoms. The van der Waals surface area contributed by atoms with Crippen molar-refractivity contribution in [1.82, 2.24) is 13.6 Å². The summed E-state index contributed by atoms with van der Waals surface area (Å²) in [7, 11) is 1.61. The molecular formula is C16H17N3O4S. The van der Waals surface area contributed by atoms with Crippen LogP contribution in [0.2, 0.25) is 0 Å². The van der Waals surface area contributed by atoms with Gasteiger partial charge in [0.2, 0.25) is 5.91 Å². The Balaban J connectivity index is 1.53. The molecule has 0 spiro atoms. The van der Waals surface area contributed by atoms with Crippen molar-refractivity contribution in [2.24, 2.45) is 5.92 Å². The van der Waals surface area contributed by atoms with E-state index in [0.717, 1.165) is 23.0 Å². The Hall–Kier alpha value is -2.48. The standard InChI is InChI=1S/C16H17N3O4S/c1-22-14-4-2-11(3-5-14)8-19-9-12(6-15(19)20)16(21)23-10-13-7-17-24-18-13/h2-5,7,12H,6,8-10H2,1H3. The van der Waals surface area contributed by atoms with Gasteiger partial charge in [-0.25, -0.2) is 0 Å². The summed E-state index contributed by atoms with van der Waals surface area (Å²) >= 11 is 1.07. The SMILES string of the molecule is COc1ccc(CN2CC(C(=O)OCc3cnsn3)CC2=O)cc1. The van der Waals surface area contributed by atoms with Gasteiger partial charge in [0.05, 0.1) is 31.0 Å².